The van der Waals surface area contributed by atoms with Crippen molar-refractivity contribution >= 4 is 27.5 Å². The number of carbonyl (C=O) groups excluding carboxylic acids is 1. The summed E-state index contributed by atoms with van der Waals surface area (Å²) in [5.41, 5.74) is 3.17. The highest BCUT2D eigenvalue weighted by atomic mass is 16.5. The maximum absolute atomic E-state index is 11.5. The van der Waals surface area contributed by atoms with Gasteiger partial charge in [-0.1, -0.05) is 84.9 Å². The van der Waals surface area contributed by atoms with Gasteiger partial charge < -0.3 is 4.74 Å². The van der Waals surface area contributed by atoms with Crippen molar-refractivity contribution < 1.29 is 9.53 Å². The summed E-state index contributed by atoms with van der Waals surface area (Å²) in [7, 11) is 1.45. The predicted molar refractivity (Wildman–Crippen MR) is 137 cm³/mol. The van der Waals surface area contributed by atoms with Crippen LogP contribution in [0.5, 0.6) is 0 Å². The maximum Gasteiger partial charge on any atom is 0.305 e. The molecule has 0 atom stereocenters. The first kappa shape index (κ1) is 24.3. The normalized spacial score (nSPS) is 13.0. The van der Waals surface area contributed by atoms with Crippen LogP contribution in [0, 0.1) is 5.41 Å². The average Bonchev–Trinajstić information content (AvgIpc) is 2.69. The van der Waals surface area contributed by atoms with Gasteiger partial charge in [0.15, 0.2) is 0 Å². The van der Waals surface area contributed by atoms with Gasteiger partial charge in [0.2, 0.25) is 0 Å². The number of rotatable bonds is 7. The largest absolute Gasteiger partial charge is 0.469 e. The lowest BCUT2D eigenvalue weighted by atomic mass is 9.72. The van der Waals surface area contributed by atoms with Crippen molar-refractivity contribution in [3.63, 3.8) is 0 Å². The minimum atomic E-state index is -0.129. The summed E-state index contributed by atoms with van der Waals surface area (Å²) in [5.74, 6) is -0.129. The van der Waals surface area contributed by atoms with Crippen LogP contribution in [-0.2, 0) is 20.4 Å². The van der Waals surface area contributed by atoms with Crippen LogP contribution in [0.3, 0.4) is 0 Å². The summed E-state index contributed by atoms with van der Waals surface area (Å²) in [6, 6.07) is 18.4. The van der Waals surface area contributed by atoms with E-state index in [4.69, 9.17) is 4.74 Å². The minimum absolute atomic E-state index is 0.0119. The Morgan fingerprint density at radius 1 is 0.719 bits per heavy atom. The monoisotopic (exact) mass is 432 g/mol. The van der Waals surface area contributed by atoms with E-state index in [2.05, 4.69) is 97.0 Å². The number of hydrogen-bond acceptors (Lipinski definition) is 2. The molecule has 0 aliphatic carbocycles. The first-order valence-electron chi connectivity index (χ1n) is 11.9. The Balaban J connectivity index is 1.91. The Morgan fingerprint density at radius 2 is 1.22 bits per heavy atom. The average molecular weight is 433 g/mol. The molecule has 0 aliphatic rings. The fourth-order valence-corrected chi connectivity index (χ4v) is 5.19. The molecule has 2 nitrogen and oxygen atoms in total. The topological polar surface area (TPSA) is 26.3 Å². The molecule has 2 heteroatoms. The molecule has 0 unspecified atom stereocenters. The van der Waals surface area contributed by atoms with Gasteiger partial charge in [0, 0.05) is 6.42 Å². The molecular weight excluding hydrogens is 392 g/mol. The second-order valence-corrected chi connectivity index (χ2v) is 11.9. The van der Waals surface area contributed by atoms with Crippen LogP contribution < -0.4 is 0 Å². The molecule has 0 heterocycles. The molecule has 0 bridgehead atoms. The molecule has 0 aromatic heterocycles. The van der Waals surface area contributed by atoms with Gasteiger partial charge in [-0.2, -0.15) is 0 Å². The van der Waals surface area contributed by atoms with Gasteiger partial charge in [-0.15, -0.1) is 0 Å². The molecule has 0 fully saturated rings. The molecule has 0 N–H and O–H groups in total. The number of ether oxygens (including phenoxy) is 1. The lowest BCUT2D eigenvalue weighted by Crippen LogP contribution is -2.24. The van der Waals surface area contributed by atoms with E-state index in [-0.39, 0.29) is 16.8 Å². The molecule has 172 valence electrons. The number of hydrogen-bond donors (Lipinski definition) is 0. The third-order valence-electron chi connectivity index (χ3n) is 6.74. The van der Waals surface area contributed by atoms with Crippen LogP contribution in [0.4, 0.5) is 0 Å². The highest BCUT2D eigenvalue weighted by molar-refractivity contribution is 5.98. The highest BCUT2D eigenvalue weighted by Gasteiger charge is 2.27. The molecule has 0 radical (unpaired) electrons. The highest BCUT2D eigenvalue weighted by Crippen LogP contribution is 2.38. The summed E-state index contributed by atoms with van der Waals surface area (Å²) >= 11 is 0. The van der Waals surface area contributed by atoms with E-state index < -0.39 is 0 Å². The Morgan fingerprint density at radius 3 is 1.69 bits per heavy atom. The number of carbonyl (C=O) groups is 1. The first-order chi connectivity index (χ1) is 14.8. The zero-order valence-corrected chi connectivity index (χ0v) is 21.3. The van der Waals surface area contributed by atoms with Crippen LogP contribution >= 0.6 is 0 Å². The minimum Gasteiger partial charge on any atom is -0.469 e. The van der Waals surface area contributed by atoms with Crippen molar-refractivity contribution in [1.82, 2.24) is 0 Å². The number of benzene rings is 3. The van der Waals surface area contributed by atoms with Gasteiger partial charge in [-0.05, 0) is 80.3 Å². The Hall–Kier alpha value is -2.35. The van der Waals surface area contributed by atoms with Crippen LogP contribution in [-0.4, -0.2) is 13.1 Å². The van der Waals surface area contributed by atoms with Crippen molar-refractivity contribution in [2.24, 2.45) is 5.41 Å². The summed E-state index contributed by atoms with van der Waals surface area (Å²) < 4.78 is 4.78. The van der Waals surface area contributed by atoms with Gasteiger partial charge in [0.05, 0.1) is 7.11 Å². The molecule has 32 heavy (non-hydrogen) atoms. The Kier molecular flexibility index (Phi) is 6.75. The molecule has 0 aliphatic heterocycles. The van der Waals surface area contributed by atoms with Crippen LogP contribution in [0.1, 0.15) is 85.3 Å². The number of esters is 1. The number of fused-ring (bicyclic) bond motifs is 2. The fraction of sp³-hybridized carbons (Fsp3) is 0.500. The Bertz CT molecular complexity index is 1110. The van der Waals surface area contributed by atoms with Gasteiger partial charge in [-0.3, -0.25) is 4.79 Å². The molecule has 3 aromatic rings. The van der Waals surface area contributed by atoms with Crippen LogP contribution in [0.2, 0.25) is 0 Å². The number of methoxy groups -OCH3 is 1. The zero-order valence-electron chi connectivity index (χ0n) is 21.3. The van der Waals surface area contributed by atoms with Gasteiger partial charge in [0.1, 0.15) is 0 Å². The molecule has 0 spiro atoms. The second kappa shape index (κ2) is 8.89. The Labute approximate surface area is 194 Å². The summed E-state index contributed by atoms with van der Waals surface area (Å²) in [4.78, 5) is 11.5. The summed E-state index contributed by atoms with van der Waals surface area (Å²) in [6.07, 6.45) is 3.41. The molecule has 0 amide bonds. The SMILES string of the molecule is COC(=O)CCCC(C)(C)c1ccc2cc3cc(C(C)(C)CC(C)(C)C)ccc3cc2c1. The quantitative estimate of drug-likeness (QED) is 0.277. The lowest BCUT2D eigenvalue weighted by Gasteiger charge is -2.33. The second-order valence-electron chi connectivity index (χ2n) is 11.9. The lowest BCUT2D eigenvalue weighted by molar-refractivity contribution is -0.140. The van der Waals surface area contributed by atoms with Crippen molar-refractivity contribution in [3.05, 3.63) is 59.7 Å². The van der Waals surface area contributed by atoms with Gasteiger partial charge >= 0.3 is 5.97 Å². The smallest absolute Gasteiger partial charge is 0.305 e. The van der Waals surface area contributed by atoms with E-state index in [0.29, 0.717) is 11.8 Å². The third kappa shape index (κ3) is 5.71. The van der Waals surface area contributed by atoms with E-state index >= 15 is 0 Å². The van der Waals surface area contributed by atoms with E-state index in [1.54, 1.807) is 0 Å². The fourth-order valence-electron chi connectivity index (χ4n) is 5.19. The predicted octanol–water partition coefficient (Wildman–Crippen LogP) is 8.33. The van der Waals surface area contributed by atoms with Gasteiger partial charge in [-0.25, -0.2) is 0 Å². The van der Waals surface area contributed by atoms with Crippen LogP contribution in [0.15, 0.2) is 48.5 Å². The first-order valence-corrected chi connectivity index (χ1v) is 11.9. The van der Waals surface area contributed by atoms with Crippen molar-refractivity contribution in [2.45, 2.75) is 85.0 Å². The summed E-state index contributed by atoms with van der Waals surface area (Å²) in [6.45, 7) is 16.2. The molecule has 3 aromatic carbocycles. The van der Waals surface area contributed by atoms with Crippen molar-refractivity contribution in [1.29, 1.82) is 0 Å². The molecule has 3 rings (SSSR count). The van der Waals surface area contributed by atoms with E-state index in [1.807, 2.05) is 0 Å². The maximum atomic E-state index is 11.5. The van der Waals surface area contributed by atoms with E-state index in [1.165, 1.54) is 39.8 Å². The standard InChI is InChI=1S/C30H40O2/c1-28(2,3)20-30(6,7)26-14-12-22-16-23-18-25(13-11-21(23)17-24(22)19-26)29(4,5)15-9-10-27(31)32-8/h11-14,16-19H,9-10,15,20H2,1-8H3. The molecule has 0 saturated carbocycles. The summed E-state index contributed by atoms with van der Waals surface area (Å²) in [5, 5.41) is 5.14. The van der Waals surface area contributed by atoms with E-state index in [9.17, 15) is 4.79 Å². The van der Waals surface area contributed by atoms with E-state index in [0.717, 1.165) is 19.3 Å². The molecular formula is C30H40O2. The van der Waals surface area contributed by atoms with Gasteiger partial charge in [0.25, 0.3) is 0 Å². The van der Waals surface area contributed by atoms with Crippen molar-refractivity contribution in [2.75, 3.05) is 7.11 Å². The van der Waals surface area contributed by atoms with Crippen LogP contribution in [0.25, 0.3) is 21.5 Å². The third-order valence-corrected chi connectivity index (χ3v) is 6.74. The van der Waals surface area contributed by atoms with Crippen molar-refractivity contribution in [3.8, 4) is 0 Å². The zero-order chi connectivity index (χ0) is 23.7. The molecule has 0 saturated heterocycles.